The summed E-state index contributed by atoms with van der Waals surface area (Å²) in [5.41, 5.74) is 3.65. The normalized spacial score (nSPS) is 13.6. The second kappa shape index (κ2) is 7.91. The van der Waals surface area contributed by atoms with E-state index in [1.807, 2.05) is 26.0 Å². The zero-order valence-corrected chi connectivity index (χ0v) is 14.1. The summed E-state index contributed by atoms with van der Waals surface area (Å²) in [5, 5.41) is 0. The van der Waals surface area contributed by atoms with Crippen LogP contribution < -0.4 is 5.43 Å². The third-order valence-corrected chi connectivity index (χ3v) is 4.58. The number of nitrogens with zero attached hydrogens (tertiary/aromatic N) is 1. The first kappa shape index (κ1) is 18.1. The molecule has 0 saturated heterocycles. The van der Waals surface area contributed by atoms with Crippen molar-refractivity contribution in [1.82, 2.24) is 9.84 Å². The van der Waals surface area contributed by atoms with Crippen molar-refractivity contribution >= 4 is 15.9 Å². The Hall–Kier alpha value is -1.92. The molecule has 6 heteroatoms. The molecular formula is C16H22N2O3S. The quantitative estimate of drug-likeness (QED) is 0.646. The van der Waals surface area contributed by atoms with Gasteiger partial charge in [-0.25, -0.2) is 5.43 Å². The van der Waals surface area contributed by atoms with E-state index in [0.717, 1.165) is 5.56 Å². The van der Waals surface area contributed by atoms with Crippen molar-refractivity contribution < 1.29 is 13.2 Å². The van der Waals surface area contributed by atoms with Crippen molar-refractivity contribution in [2.45, 2.75) is 38.6 Å². The number of hydrogen-bond donors (Lipinski definition) is 1. The minimum Gasteiger partial charge on any atom is -0.273 e. The van der Waals surface area contributed by atoms with Crippen molar-refractivity contribution in [3.05, 3.63) is 54.1 Å². The number of allylic oxidation sites excluding steroid dienone is 3. The standard InChI is InChI=1S/C16H22N2O3S/c1-5-6-7-8-14(3)17-18(15(4)19)22(20,21)16-11-9-13(2)10-12-16/h5-12,14,17H,1-4H3/b6-5+,8-7+. The Bertz CT molecular complexity index is 661. The summed E-state index contributed by atoms with van der Waals surface area (Å²) < 4.78 is 25.8. The van der Waals surface area contributed by atoms with Gasteiger partial charge in [-0.1, -0.05) is 42.0 Å². The molecule has 0 aliphatic carbocycles. The van der Waals surface area contributed by atoms with Crippen LogP contribution >= 0.6 is 0 Å². The van der Waals surface area contributed by atoms with E-state index in [-0.39, 0.29) is 10.9 Å². The second-order valence-electron chi connectivity index (χ2n) is 4.93. The third kappa shape index (κ3) is 4.82. The summed E-state index contributed by atoms with van der Waals surface area (Å²) in [6.45, 7) is 6.72. The SMILES string of the molecule is C/C=C/C=C/C(C)NN(C(C)=O)S(=O)(=O)c1ccc(C)cc1. The lowest BCUT2D eigenvalue weighted by Gasteiger charge is -2.24. The van der Waals surface area contributed by atoms with E-state index in [4.69, 9.17) is 0 Å². The Morgan fingerprint density at radius 1 is 1.23 bits per heavy atom. The van der Waals surface area contributed by atoms with Gasteiger partial charge in [-0.05, 0) is 32.9 Å². The number of carbonyl (C=O) groups excluding carboxylic acids is 1. The average molecular weight is 322 g/mol. The van der Waals surface area contributed by atoms with Crippen LogP contribution in [-0.4, -0.2) is 24.8 Å². The predicted molar refractivity (Wildman–Crippen MR) is 87.4 cm³/mol. The molecular weight excluding hydrogens is 300 g/mol. The highest BCUT2D eigenvalue weighted by Gasteiger charge is 2.27. The molecule has 1 rings (SSSR count). The van der Waals surface area contributed by atoms with Gasteiger partial charge in [0.1, 0.15) is 0 Å². The Kier molecular flexibility index (Phi) is 6.52. The van der Waals surface area contributed by atoms with Gasteiger partial charge in [-0.3, -0.25) is 4.79 Å². The number of rotatable bonds is 6. The number of nitrogens with one attached hydrogen (secondary N) is 1. The molecule has 1 aromatic carbocycles. The van der Waals surface area contributed by atoms with Crippen LogP contribution in [0.15, 0.2) is 53.5 Å². The maximum Gasteiger partial charge on any atom is 0.280 e. The van der Waals surface area contributed by atoms with Gasteiger partial charge in [-0.15, -0.1) is 0 Å². The molecule has 0 spiro atoms. The van der Waals surface area contributed by atoms with Crippen LogP contribution in [0.4, 0.5) is 0 Å². The number of hydrogen-bond acceptors (Lipinski definition) is 4. The smallest absolute Gasteiger partial charge is 0.273 e. The molecule has 1 N–H and O–H groups in total. The Balaban J connectivity index is 3.04. The molecule has 1 aromatic rings. The van der Waals surface area contributed by atoms with E-state index in [1.165, 1.54) is 19.1 Å². The molecule has 120 valence electrons. The fraction of sp³-hybridized carbons (Fsp3) is 0.312. The molecule has 0 aliphatic heterocycles. The summed E-state index contributed by atoms with van der Waals surface area (Å²) in [6.07, 6.45) is 7.23. The zero-order valence-electron chi connectivity index (χ0n) is 13.3. The second-order valence-corrected chi connectivity index (χ2v) is 6.72. The Labute approximate surface area is 132 Å². The fourth-order valence-electron chi connectivity index (χ4n) is 1.72. The molecule has 1 atom stereocenters. The lowest BCUT2D eigenvalue weighted by Crippen LogP contribution is -2.49. The summed E-state index contributed by atoms with van der Waals surface area (Å²) in [5.74, 6) is -0.591. The van der Waals surface area contributed by atoms with Crippen molar-refractivity contribution in [1.29, 1.82) is 0 Å². The molecule has 5 nitrogen and oxygen atoms in total. The van der Waals surface area contributed by atoms with Crippen LogP contribution in [0.2, 0.25) is 0 Å². The number of amides is 1. The van der Waals surface area contributed by atoms with Gasteiger partial charge in [0.05, 0.1) is 4.90 Å². The topological polar surface area (TPSA) is 66.5 Å². The van der Waals surface area contributed by atoms with Crippen LogP contribution in [-0.2, 0) is 14.8 Å². The maximum atomic E-state index is 12.6. The molecule has 0 aromatic heterocycles. The minimum absolute atomic E-state index is 0.0745. The van der Waals surface area contributed by atoms with Crippen LogP contribution in [0.3, 0.4) is 0 Å². The summed E-state index contributed by atoms with van der Waals surface area (Å²) in [6, 6.07) is 6.05. The number of aryl methyl sites for hydroxylation is 1. The van der Waals surface area contributed by atoms with Gasteiger partial charge in [0.15, 0.2) is 0 Å². The molecule has 0 bridgehead atoms. The molecule has 0 saturated carbocycles. The largest absolute Gasteiger partial charge is 0.280 e. The molecule has 22 heavy (non-hydrogen) atoms. The van der Waals surface area contributed by atoms with Crippen LogP contribution in [0.1, 0.15) is 26.3 Å². The van der Waals surface area contributed by atoms with Gasteiger partial charge in [0.25, 0.3) is 10.0 Å². The van der Waals surface area contributed by atoms with Crippen molar-refractivity contribution in [3.63, 3.8) is 0 Å². The highest BCUT2D eigenvalue weighted by molar-refractivity contribution is 7.89. The molecule has 0 aliphatic rings. The first-order chi connectivity index (χ1) is 10.3. The lowest BCUT2D eigenvalue weighted by molar-refractivity contribution is -0.126. The van der Waals surface area contributed by atoms with E-state index in [2.05, 4.69) is 5.43 Å². The van der Waals surface area contributed by atoms with Crippen LogP contribution in [0.5, 0.6) is 0 Å². The molecule has 0 heterocycles. The molecule has 1 amide bonds. The minimum atomic E-state index is -3.92. The van der Waals surface area contributed by atoms with E-state index >= 15 is 0 Å². The van der Waals surface area contributed by atoms with Gasteiger partial charge < -0.3 is 0 Å². The predicted octanol–water partition coefficient (Wildman–Crippen LogP) is 2.56. The first-order valence-corrected chi connectivity index (χ1v) is 8.41. The Morgan fingerprint density at radius 3 is 2.32 bits per heavy atom. The van der Waals surface area contributed by atoms with Gasteiger partial charge in [-0.2, -0.15) is 12.8 Å². The van der Waals surface area contributed by atoms with Crippen molar-refractivity contribution in [2.24, 2.45) is 0 Å². The van der Waals surface area contributed by atoms with E-state index in [1.54, 1.807) is 31.2 Å². The molecule has 0 radical (unpaired) electrons. The van der Waals surface area contributed by atoms with Crippen molar-refractivity contribution in [3.8, 4) is 0 Å². The van der Waals surface area contributed by atoms with Gasteiger partial charge in [0, 0.05) is 13.0 Å². The number of sulfonamides is 1. The number of benzene rings is 1. The number of carbonyl (C=O) groups is 1. The van der Waals surface area contributed by atoms with E-state index in [0.29, 0.717) is 4.41 Å². The summed E-state index contributed by atoms with van der Waals surface area (Å²) in [4.78, 5) is 11.8. The van der Waals surface area contributed by atoms with Crippen molar-refractivity contribution in [2.75, 3.05) is 0 Å². The first-order valence-electron chi connectivity index (χ1n) is 6.97. The monoisotopic (exact) mass is 322 g/mol. The van der Waals surface area contributed by atoms with Gasteiger partial charge in [0.2, 0.25) is 5.91 Å². The summed E-state index contributed by atoms with van der Waals surface area (Å²) in [7, 11) is -3.92. The molecule has 1 unspecified atom stereocenters. The highest BCUT2D eigenvalue weighted by atomic mass is 32.2. The maximum absolute atomic E-state index is 12.6. The fourth-order valence-corrected chi connectivity index (χ4v) is 3.05. The summed E-state index contributed by atoms with van der Waals surface area (Å²) >= 11 is 0. The third-order valence-electron chi connectivity index (χ3n) is 2.87. The highest BCUT2D eigenvalue weighted by Crippen LogP contribution is 2.15. The van der Waals surface area contributed by atoms with Crippen LogP contribution in [0.25, 0.3) is 0 Å². The van der Waals surface area contributed by atoms with Crippen LogP contribution in [0, 0.1) is 6.92 Å². The molecule has 0 fully saturated rings. The number of hydrazine groups is 1. The van der Waals surface area contributed by atoms with E-state index in [9.17, 15) is 13.2 Å². The average Bonchev–Trinajstić information content (AvgIpc) is 2.45. The Morgan fingerprint density at radius 2 is 1.82 bits per heavy atom. The lowest BCUT2D eigenvalue weighted by atomic mass is 10.2. The van der Waals surface area contributed by atoms with Gasteiger partial charge >= 0.3 is 0 Å². The van der Waals surface area contributed by atoms with E-state index < -0.39 is 15.9 Å². The zero-order chi connectivity index (χ0) is 16.8.